The van der Waals surface area contributed by atoms with Crippen molar-refractivity contribution in [2.45, 2.75) is 32.2 Å². The highest BCUT2D eigenvalue weighted by Crippen LogP contribution is 2.31. The Kier molecular flexibility index (Phi) is 11.7. The molecule has 0 aliphatic carbocycles. The van der Waals surface area contributed by atoms with Crippen LogP contribution in [0.1, 0.15) is 13.8 Å². The lowest BCUT2D eigenvalue weighted by molar-refractivity contribution is -0.192. The van der Waals surface area contributed by atoms with Gasteiger partial charge in [0.05, 0.1) is 7.11 Å². The van der Waals surface area contributed by atoms with Crippen LogP contribution in [0, 0.1) is 0 Å². The summed E-state index contributed by atoms with van der Waals surface area (Å²) in [6, 6.07) is 5.63. The van der Waals surface area contributed by atoms with Crippen LogP contribution in [0.15, 0.2) is 30.9 Å². The second-order valence-electron chi connectivity index (χ2n) is 5.74. The average Bonchev–Trinajstić information content (AvgIpc) is 2.62. The van der Waals surface area contributed by atoms with Crippen LogP contribution in [0.4, 0.5) is 13.2 Å². The van der Waals surface area contributed by atoms with Gasteiger partial charge in [0.15, 0.2) is 11.5 Å². The molecule has 0 aromatic heterocycles. The summed E-state index contributed by atoms with van der Waals surface area (Å²) in [5.41, 5.74) is 0. The van der Waals surface area contributed by atoms with Crippen molar-refractivity contribution >= 4 is 5.97 Å². The Labute approximate surface area is 161 Å². The van der Waals surface area contributed by atoms with Crippen LogP contribution in [-0.2, 0) is 4.79 Å². The second-order valence-corrected chi connectivity index (χ2v) is 5.74. The van der Waals surface area contributed by atoms with Gasteiger partial charge in [0.25, 0.3) is 0 Å². The normalized spacial score (nSPS) is 11.9. The molecule has 0 saturated carbocycles. The summed E-state index contributed by atoms with van der Waals surface area (Å²) in [4.78, 5) is 8.90. The third-order valence-electron chi connectivity index (χ3n) is 2.94. The first-order valence-electron chi connectivity index (χ1n) is 8.27. The van der Waals surface area contributed by atoms with E-state index in [2.05, 4.69) is 11.9 Å². The lowest BCUT2D eigenvalue weighted by Gasteiger charge is -2.17. The van der Waals surface area contributed by atoms with E-state index in [1.54, 1.807) is 31.4 Å². The zero-order valence-corrected chi connectivity index (χ0v) is 16.0. The number of carbonyl (C=O) groups is 1. The van der Waals surface area contributed by atoms with Crippen molar-refractivity contribution in [1.82, 2.24) is 5.32 Å². The molecule has 1 aromatic carbocycles. The van der Waals surface area contributed by atoms with E-state index in [4.69, 9.17) is 24.1 Å². The minimum atomic E-state index is -5.08. The number of rotatable bonds is 10. The van der Waals surface area contributed by atoms with Gasteiger partial charge in [-0.15, -0.1) is 0 Å². The number of hydrogen-bond donors (Lipinski definition) is 3. The van der Waals surface area contributed by atoms with Gasteiger partial charge in [-0.25, -0.2) is 4.79 Å². The molecular formula is C18H26F3NO6. The standard InChI is InChI=1S/C16H25NO4.C2HF3O2/c1-5-8-20-15-7-6-14(19-4)9-16(15)21-11-13(18)10-17-12(2)3;3-2(4,5)1(6)7/h5-7,9,12-13,17-18H,1,8,10-11H2,2-4H3;(H,6,7). The van der Waals surface area contributed by atoms with E-state index < -0.39 is 18.2 Å². The van der Waals surface area contributed by atoms with Crippen LogP contribution in [0.2, 0.25) is 0 Å². The monoisotopic (exact) mass is 409 g/mol. The third kappa shape index (κ3) is 11.3. The molecule has 160 valence electrons. The molecule has 0 bridgehead atoms. The van der Waals surface area contributed by atoms with E-state index in [1.165, 1.54) is 0 Å². The molecule has 0 amide bonds. The Balaban J connectivity index is 0.000000887. The van der Waals surface area contributed by atoms with E-state index in [9.17, 15) is 18.3 Å². The number of methoxy groups -OCH3 is 1. The first kappa shape index (κ1) is 25.5. The first-order chi connectivity index (χ1) is 13.0. The van der Waals surface area contributed by atoms with Gasteiger partial charge in [-0.1, -0.05) is 26.5 Å². The summed E-state index contributed by atoms with van der Waals surface area (Å²) in [6.45, 7) is 8.71. The molecular weight excluding hydrogens is 383 g/mol. The predicted octanol–water partition coefficient (Wildman–Crippen LogP) is 2.63. The quantitative estimate of drug-likeness (QED) is 0.511. The summed E-state index contributed by atoms with van der Waals surface area (Å²) in [5.74, 6) is -0.947. The molecule has 0 spiro atoms. The molecule has 0 heterocycles. The highest BCUT2D eigenvalue weighted by atomic mass is 19.4. The average molecular weight is 409 g/mol. The number of carboxylic acids is 1. The summed E-state index contributed by atoms with van der Waals surface area (Å²) >= 11 is 0. The predicted molar refractivity (Wildman–Crippen MR) is 97.0 cm³/mol. The maximum absolute atomic E-state index is 10.6. The number of ether oxygens (including phenoxy) is 3. The number of nitrogens with one attached hydrogen (secondary N) is 1. The number of halogens is 3. The summed E-state index contributed by atoms with van der Waals surface area (Å²) < 4.78 is 48.1. The first-order valence-corrected chi connectivity index (χ1v) is 8.27. The van der Waals surface area contributed by atoms with Crippen LogP contribution in [-0.4, -0.2) is 61.4 Å². The number of benzene rings is 1. The maximum Gasteiger partial charge on any atom is 0.490 e. The summed E-state index contributed by atoms with van der Waals surface area (Å²) in [5, 5.41) is 20.2. The van der Waals surface area contributed by atoms with Crippen molar-refractivity contribution in [2.75, 3.05) is 26.9 Å². The number of hydrogen-bond acceptors (Lipinski definition) is 6. The molecule has 1 aromatic rings. The zero-order valence-electron chi connectivity index (χ0n) is 16.0. The van der Waals surface area contributed by atoms with Gasteiger partial charge in [-0.3, -0.25) is 0 Å². The Morgan fingerprint density at radius 3 is 2.36 bits per heavy atom. The topological polar surface area (TPSA) is 97.3 Å². The summed E-state index contributed by atoms with van der Waals surface area (Å²) in [6.07, 6.45) is -4.01. The highest BCUT2D eigenvalue weighted by Gasteiger charge is 2.38. The number of carboxylic acid groups (broad SMARTS) is 1. The van der Waals surface area contributed by atoms with Crippen molar-refractivity contribution < 1.29 is 42.4 Å². The van der Waals surface area contributed by atoms with Crippen molar-refractivity contribution in [3.8, 4) is 17.2 Å². The van der Waals surface area contributed by atoms with E-state index >= 15 is 0 Å². The SMILES string of the molecule is C=CCOc1ccc(OC)cc1OCC(O)CNC(C)C.O=C(O)C(F)(F)F. The fraction of sp³-hybridized carbons (Fsp3) is 0.500. The molecule has 1 unspecified atom stereocenters. The molecule has 10 heteroatoms. The van der Waals surface area contributed by atoms with Gasteiger partial charge < -0.3 is 29.7 Å². The molecule has 7 nitrogen and oxygen atoms in total. The van der Waals surface area contributed by atoms with Gasteiger partial charge in [0.2, 0.25) is 0 Å². The second kappa shape index (κ2) is 12.8. The van der Waals surface area contributed by atoms with E-state index in [0.717, 1.165) is 0 Å². The lowest BCUT2D eigenvalue weighted by atomic mass is 10.3. The van der Waals surface area contributed by atoms with Crippen molar-refractivity contribution in [3.05, 3.63) is 30.9 Å². The summed E-state index contributed by atoms with van der Waals surface area (Å²) in [7, 11) is 1.59. The molecule has 0 aliphatic heterocycles. The van der Waals surface area contributed by atoms with Crippen LogP contribution in [0.25, 0.3) is 0 Å². The van der Waals surface area contributed by atoms with Gasteiger partial charge in [-0.05, 0) is 12.1 Å². The molecule has 0 saturated heterocycles. The van der Waals surface area contributed by atoms with E-state index in [-0.39, 0.29) is 6.61 Å². The number of aliphatic carboxylic acids is 1. The van der Waals surface area contributed by atoms with Crippen molar-refractivity contribution in [3.63, 3.8) is 0 Å². The Morgan fingerprint density at radius 1 is 1.29 bits per heavy atom. The van der Waals surface area contributed by atoms with Gasteiger partial charge >= 0.3 is 12.1 Å². The van der Waals surface area contributed by atoms with E-state index in [1.807, 2.05) is 13.8 Å². The molecule has 0 aliphatic rings. The Hall–Kier alpha value is -2.46. The fourth-order valence-electron chi connectivity index (χ4n) is 1.61. The lowest BCUT2D eigenvalue weighted by Crippen LogP contribution is -2.35. The fourth-order valence-corrected chi connectivity index (χ4v) is 1.61. The van der Waals surface area contributed by atoms with Crippen LogP contribution in [0.5, 0.6) is 17.2 Å². The number of aliphatic hydroxyl groups is 1. The van der Waals surface area contributed by atoms with E-state index in [0.29, 0.717) is 36.4 Å². The van der Waals surface area contributed by atoms with Gasteiger partial charge in [0, 0.05) is 18.7 Å². The largest absolute Gasteiger partial charge is 0.497 e. The van der Waals surface area contributed by atoms with Gasteiger partial charge in [-0.2, -0.15) is 13.2 Å². The number of aliphatic hydroxyl groups excluding tert-OH is 1. The zero-order chi connectivity index (χ0) is 21.7. The maximum atomic E-state index is 10.6. The highest BCUT2D eigenvalue weighted by molar-refractivity contribution is 5.73. The van der Waals surface area contributed by atoms with Crippen LogP contribution >= 0.6 is 0 Å². The van der Waals surface area contributed by atoms with Gasteiger partial charge in [0.1, 0.15) is 25.1 Å². The molecule has 1 atom stereocenters. The Bertz CT molecular complexity index is 607. The smallest absolute Gasteiger partial charge is 0.490 e. The molecule has 28 heavy (non-hydrogen) atoms. The third-order valence-corrected chi connectivity index (χ3v) is 2.94. The van der Waals surface area contributed by atoms with Crippen LogP contribution in [0.3, 0.4) is 0 Å². The minimum absolute atomic E-state index is 0.178. The Morgan fingerprint density at radius 2 is 1.89 bits per heavy atom. The van der Waals surface area contributed by atoms with Crippen LogP contribution < -0.4 is 19.5 Å². The van der Waals surface area contributed by atoms with Crippen molar-refractivity contribution in [2.24, 2.45) is 0 Å². The number of alkyl halides is 3. The molecule has 0 radical (unpaired) electrons. The minimum Gasteiger partial charge on any atom is -0.497 e. The molecule has 3 N–H and O–H groups in total. The molecule has 0 fully saturated rings. The van der Waals surface area contributed by atoms with Crippen molar-refractivity contribution in [1.29, 1.82) is 0 Å². The molecule has 1 rings (SSSR count).